The van der Waals surface area contributed by atoms with Gasteiger partial charge in [-0.05, 0) is 73.5 Å². The van der Waals surface area contributed by atoms with Gasteiger partial charge in [0.25, 0.3) is 15.9 Å². The third kappa shape index (κ3) is 5.84. The lowest BCUT2D eigenvalue weighted by molar-refractivity contribution is 0.0751. The fraction of sp³-hybridized carbons (Fsp3) is 0.240. The van der Waals surface area contributed by atoms with Gasteiger partial charge in [-0.1, -0.05) is 18.2 Å². The van der Waals surface area contributed by atoms with Gasteiger partial charge in [-0.15, -0.1) is 0 Å². The van der Waals surface area contributed by atoms with Gasteiger partial charge >= 0.3 is 0 Å². The van der Waals surface area contributed by atoms with Crippen molar-refractivity contribution in [2.45, 2.75) is 25.3 Å². The highest BCUT2D eigenvalue weighted by atomic mass is 32.2. The minimum absolute atomic E-state index is 0.0211. The zero-order valence-electron chi connectivity index (χ0n) is 19.2. The number of anilines is 1. The van der Waals surface area contributed by atoms with Crippen molar-refractivity contribution in [1.82, 2.24) is 4.90 Å². The summed E-state index contributed by atoms with van der Waals surface area (Å²) in [7, 11) is -0.739. The molecule has 0 aliphatic heterocycles. The molecule has 8 heteroatoms. The summed E-state index contributed by atoms with van der Waals surface area (Å²) in [6.45, 7) is 4.57. The van der Waals surface area contributed by atoms with Gasteiger partial charge in [0, 0.05) is 24.3 Å². The van der Waals surface area contributed by atoms with Crippen LogP contribution in [0.4, 0.5) is 5.69 Å². The van der Waals surface area contributed by atoms with Crippen LogP contribution in [0.1, 0.15) is 28.4 Å². The Morgan fingerprint density at radius 2 is 1.48 bits per heavy atom. The van der Waals surface area contributed by atoms with Gasteiger partial charge in [0.1, 0.15) is 11.5 Å². The maximum atomic E-state index is 13.3. The topological polar surface area (TPSA) is 84.9 Å². The number of sulfonamides is 1. The Morgan fingerprint density at radius 1 is 0.909 bits per heavy atom. The van der Waals surface area contributed by atoms with Crippen molar-refractivity contribution in [2.75, 3.05) is 25.5 Å². The molecule has 1 N–H and O–H groups in total. The van der Waals surface area contributed by atoms with Crippen LogP contribution < -0.4 is 14.2 Å². The molecule has 0 atom stereocenters. The van der Waals surface area contributed by atoms with Crippen molar-refractivity contribution in [3.8, 4) is 11.5 Å². The lowest BCUT2D eigenvalue weighted by Crippen LogP contribution is -2.31. The zero-order valence-corrected chi connectivity index (χ0v) is 20.0. The average molecular weight is 469 g/mol. The number of rotatable bonds is 9. The monoisotopic (exact) mass is 468 g/mol. The standard InChI is InChI=1S/C25H28N2O5S/c1-5-27(17-19-7-11-21(31-3)12-8-19)25(28)24-16-23(15-6-18(24)2)33(29,30)26-20-9-13-22(32-4)14-10-20/h6-16,26H,5,17H2,1-4H3. The Kier molecular flexibility index (Phi) is 7.60. The highest BCUT2D eigenvalue weighted by molar-refractivity contribution is 7.92. The van der Waals surface area contributed by atoms with Crippen molar-refractivity contribution < 1.29 is 22.7 Å². The molecule has 0 aliphatic rings. The van der Waals surface area contributed by atoms with Crippen LogP contribution in [0.3, 0.4) is 0 Å². The van der Waals surface area contributed by atoms with E-state index >= 15 is 0 Å². The van der Waals surface area contributed by atoms with Gasteiger partial charge in [0.2, 0.25) is 0 Å². The lowest BCUT2D eigenvalue weighted by Gasteiger charge is -2.22. The first kappa shape index (κ1) is 24.1. The Hall–Kier alpha value is -3.52. The van der Waals surface area contributed by atoms with Crippen molar-refractivity contribution in [1.29, 1.82) is 0 Å². The van der Waals surface area contributed by atoms with E-state index in [0.29, 0.717) is 35.7 Å². The first-order chi connectivity index (χ1) is 15.8. The maximum absolute atomic E-state index is 13.3. The summed E-state index contributed by atoms with van der Waals surface area (Å²) >= 11 is 0. The van der Waals surface area contributed by atoms with Gasteiger partial charge in [-0.3, -0.25) is 9.52 Å². The zero-order chi connectivity index (χ0) is 24.0. The number of nitrogens with zero attached hydrogens (tertiary/aromatic N) is 1. The quantitative estimate of drug-likeness (QED) is 0.501. The van der Waals surface area contributed by atoms with E-state index < -0.39 is 10.0 Å². The number of aryl methyl sites for hydroxylation is 1. The molecule has 0 unspecified atom stereocenters. The highest BCUT2D eigenvalue weighted by Gasteiger charge is 2.21. The summed E-state index contributed by atoms with van der Waals surface area (Å²) < 4.78 is 38.7. The Morgan fingerprint density at radius 3 is 2.03 bits per heavy atom. The third-order valence-corrected chi connectivity index (χ3v) is 6.67. The van der Waals surface area contributed by atoms with E-state index in [2.05, 4.69) is 4.72 Å². The molecule has 174 valence electrons. The molecule has 0 heterocycles. The average Bonchev–Trinajstić information content (AvgIpc) is 2.83. The van der Waals surface area contributed by atoms with Crippen LogP contribution in [-0.4, -0.2) is 40.0 Å². The number of ether oxygens (including phenoxy) is 2. The summed E-state index contributed by atoms with van der Waals surface area (Å²) in [5.74, 6) is 1.14. The molecule has 0 bridgehead atoms. The third-order valence-electron chi connectivity index (χ3n) is 5.29. The molecule has 0 saturated carbocycles. The van der Waals surface area contributed by atoms with E-state index in [4.69, 9.17) is 9.47 Å². The fourth-order valence-electron chi connectivity index (χ4n) is 3.32. The van der Waals surface area contributed by atoms with E-state index in [1.807, 2.05) is 31.2 Å². The minimum Gasteiger partial charge on any atom is -0.497 e. The van der Waals surface area contributed by atoms with Crippen molar-refractivity contribution in [3.05, 3.63) is 83.4 Å². The molecule has 0 radical (unpaired) electrons. The molecular weight excluding hydrogens is 440 g/mol. The Labute approximate surface area is 195 Å². The molecular formula is C25H28N2O5S. The Balaban J connectivity index is 1.84. The number of hydrogen-bond donors (Lipinski definition) is 1. The predicted molar refractivity (Wildman–Crippen MR) is 128 cm³/mol. The van der Waals surface area contributed by atoms with Gasteiger partial charge in [0.05, 0.1) is 19.1 Å². The smallest absolute Gasteiger partial charge is 0.261 e. The van der Waals surface area contributed by atoms with Crippen molar-refractivity contribution in [2.24, 2.45) is 0 Å². The molecule has 3 aromatic carbocycles. The molecule has 0 aliphatic carbocycles. The number of nitrogens with one attached hydrogen (secondary N) is 1. The summed E-state index contributed by atoms with van der Waals surface area (Å²) in [5.41, 5.74) is 2.41. The lowest BCUT2D eigenvalue weighted by atomic mass is 10.1. The summed E-state index contributed by atoms with van der Waals surface area (Å²) in [6.07, 6.45) is 0. The summed E-state index contributed by atoms with van der Waals surface area (Å²) in [6, 6.07) is 18.6. The molecule has 0 saturated heterocycles. The maximum Gasteiger partial charge on any atom is 0.261 e. The van der Waals surface area contributed by atoms with Gasteiger partial charge in [-0.25, -0.2) is 8.42 Å². The Bertz CT molecular complexity index is 1210. The van der Waals surface area contributed by atoms with E-state index in [-0.39, 0.29) is 10.8 Å². The SMILES string of the molecule is CCN(Cc1ccc(OC)cc1)C(=O)c1cc(S(=O)(=O)Nc2ccc(OC)cc2)ccc1C. The molecule has 1 amide bonds. The second-order valence-electron chi connectivity index (χ2n) is 7.48. The molecule has 3 rings (SSSR count). The van der Waals surface area contributed by atoms with Crippen LogP contribution in [0, 0.1) is 6.92 Å². The molecule has 33 heavy (non-hydrogen) atoms. The van der Waals surface area contributed by atoms with E-state index in [0.717, 1.165) is 11.3 Å². The fourth-order valence-corrected chi connectivity index (χ4v) is 4.41. The number of methoxy groups -OCH3 is 2. The number of amides is 1. The van der Waals surface area contributed by atoms with Crippen LogP contribution >= 0.6 is 0 Å². The van der Waals surface area contributed by atoms with Crippen LogP contribution in [0.15, 0.2) is 71.6 Å². The van der Waals surface area contributed by atoms with Crippen LogP contribution in [0.5, 0.6) is 11.5 Å². The summed E-state index contributed by atoms with van der Waals surface area (Å²) in [5, 5.41) is 0. The molecule has 3 aromatic rings. The van der Waals surface area contributed by atoms with Gasteiger partial charge in [0.15, 0.2) is 0 Å². The first-order valence-electron chi connectivity index (χ1n) is 10.5. The van der Waals surface area contributed by atoms with Gasteiger partial charge in [-0.2, -0.15) is 0 Å². The number of carbonyl (C=O) groups excluding carboxylic acids is 1. The molecule has 0 aromatic heterocycles. The van der Waals surface area contributed by atoms with E-state index in [9.17, 15) is 13.2 Å². The second kappa shape index (κ2) is 10.4. The number of carbonyl (C=O) groups is 1. The van der Waals surface area contributed by atoms with Crippen molar-refractivity contribution >= 4 is 21.6 Å². The van der Waals surface area contributed by atoms with E-state index in [1.165, 1.54) is 19.2 Å². The van der Waals surface area contributed by atoms with Crippen molar-refractivity contribution in [3.63, 3.8) is 0 Å². The summed E-state index contributed by atoms with van der Waals surface area (Å²) in [4.78, 5) is 15.0. The second-order valence-corrected chi connectivity index (χ2v) is 9.16. The number of benzene rings is 3. The van der Waals surface area contributed by atoms with Crippen LogP contribution in [0.25, 0.3) is 0 Å². The van der Waals surface area contributed by atoms with E-state index in [1.54, 1.807) is 49.3 Å². The predicted octanol–water partition coefficient (Wildman–Crippen LogP) is 4.48. The van der Waals surface area contributed by atoms with Gasteiger partial charge < -0.3 is 14.4 Å². The van der Waals surface area contributed by atoms with Crippen LogP contribution in [-0.2, 0) is 16.6 Å². The highest BCUT2D eigenvalue weighted by Crippen LogP contribution is 2.23. The molecule has 0 spiro atoms. The number of hydrogen-bond acceptors (Lipinski definition) is 5. The first-order valence-corrected chi connectivity index (χ1v) is 12.0. The largest absolute Gasteiger partial charge is 0.497 e. The van der Waals surface area contributed by atoms with Crippen LogP contribution in [0.2, 0.25) is 0 Å². The molecule has 0 fully saturated rings. The minimum atomic E-state index is -3.88. The normalized spacial score (nSPS) is 11.0. The molecule has 7 nitrogen and oxygen atoms in total.